The van der Waals surface area contributed by atoms with E-state index in [4.69, 9.17) is 11.6 Å². The Morgan fingerprint density at radius 3 is 2.90 bits per heavy atom. The van der Waals surface area contributed by atoms with E-state index >= 15 is 0 Å². The fourth-order valence-electron chi connectivity index (χ4n) is 2.17. The van der Waals surface area contributed by atoms with Crippen molar-refractivity contribution in [3.05, 3.63) is 41.4 Å². The van der Waals surface area contributed by atoms with Gasteiger partial charge in [-0.25, -0.2) is 4.98 Å². The Kier molecular flexibility index (Phi) is 3.39. The van der Waals surface area contributed by atoms with Crippen LogP contribution in [0.3, 0.4) is 0 Å². The molecule has 3 heterocycles. The van der Waals surface area contributed by atoms with Gasteiger partial charge in [0.15, 0.2) is 0 Å². The SMILES string of the molecule is COC(=O)Cc1cn2cc(Cl)cc(-c3ccn(C)n3)c2n1. The average Bonchev–Trinajstić information content (AvgIpc) is 3.03. The van der Waals surface area contributed by atoms with Crippen LogP contribution < -0.4 is 0 Å². The minimum Gasteiger partial charge on any atom is -0.469 e. The van der Waals surface area contributed by atoms with Gasteiger partial charge in [0.1, 0.15) is 5.65 Å². The second-order valence-corrected chi connectivity index (χ2v) is 5.10. The third-order valence-electron chi connectivity index (χ3n) is 3.11. The minimum atomic E-state index is -0.330. The van der Waals surface area contributed by atoms with Crippen molar-refractivity contribution in [1.82, 2.24) is 19.2 Å². The molecule has 0 radical (unpaired) electrons. The molecule has 0 amide bonds. The standard InChI is InChI=1S/C14H13ClN4O2/c1-18-4-3-12(17-18)11-5-9(15)7-19-8-10(16-14(11)19)6-13(20)21-2/h3-5,7-8H,6H2,1-2H3. The highest BCUT2D eigenvalue weighted by atomic mass is 35.5. The number of imidazole rings is 1. The molecule has 0 aromatic carbocycles. The number of carbonyl (C=O) groups excluding carboxylic acids is 1. The maximum absolute atomic E-state index is 11.4. The number of aryl methyl sites for hydroxylation is 1. The van der Waals surface area contributed by atoms with Gasteiger partial charge in [-0.05, 0) is 12.1 Å². The Labute approximate surface area is 125 Å². The topological polar surface area (TPSA) is 61.4 Å². The van der Waals surface area contributed by atoms with Crippen molar-refractivity contribution in [3.8, 4) is 11.3 Å². The summed E-state index contributed by atoms with van der Waals surface area (Å²) in [6.45, 7) is 0. The predicted octanol–water partition coefficient (Wildman–Crippen LogP) is 2.10. The Balaban J connectivity index is 2.13. The van der Waals surface area contributed by atoms with Crippen molar-refractivity contribution in [2.24, 2.45) is 7.05 Å². The molecule has 6 nitrogen and oxygen atoms in total. The monoisotopic (exact) mass is 304 g/mol. The van der Waals surface area contributed by atoms with Crippen molar-refractivity contribution in [1.29, 1.82) is 0 Å². The van der Waals surface area contributed by atoms with Crippen LogP contribution in [0.5, 0.6) is 0 Å². The molecule has 0 saturated heterocycles. The van der Waals surface area contributed by atoms with Gasteiger partial charge in [0.2, 0.25) is 0 Å². The van der Waals surface area contributed by atoms with E-state index in [0.717, 1.165) is 11.3 Å². The second kappa shape index (κ2) is 5.21. The van der Waals surface area contributed by atoms with Gasteiger partial charge in [-0.2, -0.15) is 5.10 Å². The Morgan fingerprint density at radius 1 is 1.43 bits per heavy atom. The van der Waals surface area contributed by atoms with Crippen LogP contribution >= 0.6 is 11.6 Å². The number of ether oxygens (including phenoxy) is 1. The van der Waals surface area contributed by atoms with E-state index in [2.05, 4.69) is 14.8 Å². The summed E-state index contributed by atoms with van der Waals surface area (Å²) in [5, 5.41) is 4.95. The number of aromatic nitrogens is 4. The number of hydrogen-bond donors (Lipinski definition) is 0. The molecule has 3 rings (SSSR count). The zero-order valence-electron chi connectivity index (χ0n) is 11.6. The Bertz CT molecular complexity index is 822. The molecular weight excluding hydrogens is 292 g/mol. The zero-order valence-corrected chi connectivity index (χ0v) is 12.3. The molecule has 7 heteroatoms. The van der Waals surface area contributed by atoms with Gasteiger partial charge < -0.3 is 9.14 Å². The summed E-state index contributed by atoms with van der Waals surface area (Å²) < 4.78 is 8.17. The van der Waals surface area contributed by atoms with E-state index < -0.39 is 0 Å². The van der Waals surface area contributed by atoms with Crippen molar-refractivity contribution in [3.63, 3.8) is 0 Å². The van der Waals surface area contributed by atoms with Crippen LogP contribution in [0.4, 0.5) is 0 Å². The lowest BCUT2D eigenvalue weighted by Crippen LogP contribution is -2.04. The van der Waals surface area contributed by atoms with Crippen molar-refractivity contribution in [2.45, 2.75) is 6.42 Å². The van der Waals surface area contributed by atoms with E-state index in [1.165, 1.54) is 7.11 Å². The molecule has 0 unspecified atom stereocenters. The summed E-state index contributed by atoms with van der Waals surface area (Å²) in [6, 6.07) is 3.70. The van der Waals surface area contributed by atoms with E-state index in [9.17, 15) is 4.79 Å². The van der Waals surface area contributed by atoms with Crippen molar-refractivity contribution >= 4 is 23.2 Å². The Hall–Kier alpha value is -2.34. The smallest absolute Gasteiger partial charge is 0.311 e. The summed E-state index contributed by atoms with van der Waals surface area (Å²) in [6.07, 6.45) is 5.49. The van der Waals surface area contributed by atoms with Gasteiger partial charge in [-0.3, -0.25) is 9.48 Å². The molecule has 0 spiro atoms. The van der Waals surface area contributed by atoms with Crippen LogP contribution in [0.15, 0.2) is 30.7 Å². The maximum atomic E-state index is 11.4. The maximum Gasteiger partial charge on any atom is 0.311 e. The summed E-state index contributed by atoms with van der Waals surface area (Å²) in [7, 11) is 3.20. The van der Waals surface area contributed by atoms with Gasteiger partial charge in [-0.15, -0.1) is 0 Å². The van der Waals surface area contributed by atoms with Gasteiger partial charge >= 0.3 is 5.97 Å². The second-order valence-electron chi connectivity index (χ2n) is 4.66. The molecule has 0 fully saturated rings. The highest BCUT2D eigenvalue weighted by Gasteiger charge is 2.14. The first-order valence-electron chi connectivity index (χ1n) is 6.31. The Morgan fingerprint density at radius 2 is 2.24 bits per heavy atom. The number of nitrogens with zero attached hydrogens (tertiary/aromatic N) is 4. The molecule has 0 aliphatic carbocycles. The zero-order chi connectivity index (χ0) is 15.0. The summed E-state index contributed by atoms with van der Waals surface area (Å²) in [4.78, 5) is 15.9. The van der Waals surface area contributed by atoms with Gasteiger partial charge in [0.25, 0.3) is 0 Å². The number of hydrogen-bond acceptors (Lipinski definition) is 4. The third kappa shape index (κ3) is 2.62. The number of halogens is 1. The predicted molar refractivity (Wildman–Crippen MR) is 78.1 cm³/mol. The molecule has 108 valence electrons. The summed E-state index contributed by atoms with van der Waals surface area (Å²) in [5.41, 5.74) is 2.93. The molecule has 0 saturated carbocycles. The number of rotatable bonds is 3. The summed E-state index contributed by atoms with van der Waals surface area (Å²) >= 11 is 6.15. The first-order valence-corrected chi connectivity index (χ1v) is 6.68. The van der Waals surface area contributed by atoms with E-state index in [1.807, 2.05) is 25.4 Å². The fourth-order valence-corrected chi connectivity index (χ4v) is 2.38. The van der Waals surface area contributed by atoms with Crippen molar-refractivity contribution < 1.29 is 9.53 Å². The quantitative estimate of drug-likeness (QED) is 0.695. The van der Waals surface area contributed by atoms with Crippen LogP contribution in [0.1, 0.15) is 5.69 Å². The van der Waals surface area contributed by atoms with Crippen LogP contribution in [0.25, 0.3) is 16.9 Å². The lowest BCUT2D eigenvalue weighted by atomic mass is 10.2. The lowest BCUT2D eigenvalue weighted by molar-refractivity contribution is -0.139. The van der Waals surface area contributed by atoms with Crippen molar-refractivity contribution in [2.75, 3.05) is 7.11 Å². The minimum absolute atomic E-state index is 0.122. The highest BCUT2D eigenvalue weighted by Crippen LogP contribution is 2.26. The molecule has 0 bridgehead atoms. The normalized spacial score (nSPS) is 11.0. The van der Waals surface area contributed by atoms with E-state index in [1.54, 1.807) is 21.5 Å². The molecule has 3 aromatic heterocycles. The first-order chi connectivity index (χ1) is 10.1. The van der Waals surface area contributed by atoms with Crippen LogP contribution in [-0.4, -0.2) is 32.2 Å². The molecule has 0 N–H and O–H groups in total. The largest absolute Gasteiger partial charge is 0.469 e. The third-order valence-corrected chi connectivity index (χ3v) is 3.32. The fraction of sp³-hybridized carbons (Fsp3) is 0.214. The van der Waals surface area contributed by atoms with Gasteiger partial charge in [-0.1, -0.05) is 11.6 Å². The van der Waals surface area contributed by atoms with Crippen LogP contribution in [0.2, 0.25) is 5.02 Å². The molecule has 0 atom stereocenters. The average molecular weight is 305 g/mol. The molecule has 0 aliphatic heterocycles. The van der Waals surface area contributed by atoms with Crippen LogP contribution in [0, 0.1) is 0 Å². The number of esters is 1. The number of fused-ring (bicyclic) bond motifs is 1. The lowest BCUT2D eigenvalue weighted by Gasteiger charge is -2.01. The highest BCUT2D eigenvalue weighted by molar-refractivity contribution is 6.30. The van der Waals surface area contributed by atoms with E-state index in [0.29, 0.717) is 16.4 Å². The molecular formula is C14H13ClN4O2. The molecule has 3 aromatic rings. The summed E-state index contributed by atoms with van der Waals surface area (Å²) in [5.74, 6) is -0.330. The number of carbonyl (C=O) groups is 1. The number of methoxy groups -OCH3 is 1. The number of pyridine rings is 1. The van der Waals surface area contributed by atoms with Gasteiger partial charge in [0, 0.05) is 31.2 Å². The molecule has 0 aliphatic rings. The van der Waals surface area contributed by atoms with Gasteiger partial charge in [0.05, 0.1) is 29.9 Å². The first kappa shape index (κ1) is 13.6. The van der Waals surface area contributed by atoms with Crippen LogP contribution in [-0.2, 0) is 23.0 Å². The molecule has 21 heavy (non-hydrogen) atoms. The van der Waals surface area contributed by atoms with E-state index in [-0.39, 0.29) is 12.4 Å².